The van der Waals surface area contributed by atoms with Crippen molar-refractivity contribution in [3.63, 3.8) is 0 Å². The molecule has 0 unspecified atom stereocenters. The van der Waals surface area contributed by atoms with Crippen LogP contribution < -0.4 is 0 Å². The van der Waals surface area contributed by atoms with Crippen LogP contribution in [0.5, 0.6) is 0 Å². The third kappa shape index (κ3) is 3.83. The largest absolute Gasteiger partial charge is 0.430 e. The van der Waals surface area contributed by atoms with E-state index < -0.39 is 23.5 Å². The van der Waals surface area contributed by atoms with Crippen molar-refractivity contribution in [3.05, 3.63) is 59.2 Å². The highest BCUT2D eigenvalue weighted by atomic mass is 19.4. The van der Waals surface area contributed by atoms with Crippen LogP contribution in [0, 0.1) is 0 Å². The number of halogens is 6. The van der Waals surface area contributed by atoms with E-state index >= 15 is 0 Å². The van der Waals surface area contributed by atoms with E-state index in [1.165, 1.54) is 6.07 Å². The fourth-order valence-corrected chi connectivity index (χ4v) is 3.14. The molecule has 0 aliphatic rings. The van der Waals surface area contributed by atoms with Crippen LogP contribution in [0.1, 0.15) is 37.0 Å². The number of hydrogen-bond acceptors (Lipinski definition) is 1. The Kier molecular flexibility index (Phi) is 5.94. The van der Waals surface area contributed by atoms with Gasteiger partial charge in [-0.1, -0.05) is 62.7 Å². The summed E-state index contributed by atoms with van der Waals surface area (Å²) in [5.74, 6) is 0. The second-order valence-corrected chi connectivity index (χ2v) is 6.34. The Labute approximate surface area is 153 Å². The molecular weight excluding hydrogens is 370 g/mol. The molecule has 0 spiro atoms. The zero-order chi connectivity index (χ0) is 20.5. The molecule has 0 aliphatic heterocycles. The molecule has 0 saturated carbocycles. The molecule has 1 nitrogen and oxygen atoms in total. The summed E-state index contributed by atoms with van der Waals surface area (Å²) in [6, 6.07) is 10.0. The fourth-order valence-electron chi connectivity index (χ4n) is 3.14. The van der Waals surface area contributed by atoms with Gasteiger partial charge in [-0.15, -0.1) is 0 Å². The monoisotopic (exact) mass is 390 g/mol. The van der Waals surface area contributed by atoms with Gasteiger partial charge < -0.3 is 5.11 Å². The van der Waals surface area contributed by atoms with E-state index in [1.54, 1.807) is 19.1 Å². The number of benzene rings is 2. The Morgan fingerprint density at radius 2 is 1.33 bits per heavy atom. The van der Waals surface area contributed by atoms with Gasteiger partial charge in [0.25, 0.3) is 5.60 Å². The predicted octanol–water partition coefficient (Wildman–Crippen LogP) is 6.18. The van der Waals surface area contributed by atoms with Crippen molar-refractivity contribution in [1.29, 1.82) is 0 Å². The van der Waals surface area contributed by atoms with E-state index in [0.717, 1.165) is 17.2 Å². The molecule has 0 aliphatic carbocycles. The zero-order valence-corrected chi connectivity index (χ0v) is 14.9. The molecule has 2 rings (SSSR count). The van der Waals surface area contributed by atoms with Gasteiger partial charge in [-0.2, -0.15) is 26.3 Å². The first-order chi connectivity index (χ1) is 12.5. The summed E-state index contributed by atoms with van der Waals surface area (Å²) in [5.41, 5.74) is -3.52. The molecule has 0 bridgehead atoms. The lowest BCUT2D eigenvalue weighted by atomic mass is 9.86. The molecular formula is C20H20F6O. The lowest BCUT2D eigenvalue weighted by molar-refractivity contribution is -0.376. The maximum atomic E-state index is 13.2. The first kappa shape index (κ1) is 21.3. The summed E-state index contributed by atoms with van der Waals surface area (Å²) in [4.78, 5) is 0. The van der Waals surface area contributed by atoms with Gasteiger partial charge in [0, 0.05) is 5.56 Å². The molecule has 0 aromatic heterocycles. The molecule has 7 heteroatoms. The molecule has 27 heavy (non-hydrogen) atoms. The van der Waals surface area contributed by atoms with Crippen molar-refractivity contribution in [2.24, 2.45) is 0 Å². The Bertz CT molecular complexity index is 778. The van der Waals surface area contributed by atoms with E-state index in [0.29, 0.717) is 30.0 Å². The first-order valence-electron chi connectivity index (χ1n) is 8.54. The third-order valence-corrected chi connectivity index (χ3v) is 4.55. The average Bonchev–Trinajstić information content (AvgIpc) is 2.59. The Morgan fingerprint density at radius 1 is 0.778 bits per heavy atom. The summed E-state index contributed by atoms with van der Waals surface area (Å²) in [6.07, 6.45) is -10.3. The minimum absolute atomic E-state index is 0.285. The summed E-state index contributed by atoms with van der Waals surface area (Å²) >= 11 is 0. The van der Waals surface area contributed by atoms with Crippen molar-refractivity contribution in [3.8, 4) is 11.1 Å². The van der Waals surface area contributed by atoms with Gasteiger partial charge in [-0.3, -0.25) is 0 Å². The number of alkyl halides is 6. The van der Waals surface area contributed by atoms with Gasteiger partial charge in [0.15, 0.2) is 0 Å². The van der Waals surface area contributed by atoms with Gasteiger partial charge in [0.1, 0.15) is 0 Å². The van der Waals surface area contributed by atoms with E-state index in [9.17, 15) is 31.4 Å². The summed E-state index contributed by atoms with van der Waals surface area (Å²) in [6.45, 7) is 3.70. The highest BCUT2D eigenvalue weighted by Gasteiger charge is 2.71. The quantitative estimate of drug-likeness (QED) is 0.605. The molecule has 0 saturated heterocycles. The topological polar surface area (TPSA) is 20.2 Å². The normalized spacial score (nSPS) is 13.1. The van der Waals surface area contributed by atoms with Crippen LogP contribution in [-0.2, 0) is 18.4 Å². The van der Waals surface area contributed by atoms with Gasteiger partial charge in [0.05, 0.1) is 0 Å². The van der Waals surface area contributed by atoms with Crippen molar-refractivity contribution in [2.45, 2.75) is 51.1 Å². The Morgan fingerprint density at radius 3 is 1.85 bits per heavy atom. The standard InChI is InChI=1S/C20H20F6O/c1-3-7-14-12-15(18(27,19(21,22)23)20(24,25)26)10-11-17(14)16-9-6-5-8-13(16)4-2/h5-6,8-12,27H,3-4,7H2,1-2H3. The van der Waals surface area contributed by atoms with Crippen LogP contribution in [-0.4, -0.2) is 17.5 Å². The van der Waals surface area contributed by atoms with E-state index in [2.05, 4.69) is 0 Å². The molecule has 1 N–H and O–H groups in total. The van der Waals surface area contributed by atoms with Crippen LogP contribution in [0.4, 0.5) is 26.3 Å². The number of aliphatic hydroxyl groups is 1. The zero-order valence-electron chi connectivity index (χ0n) is 14.9. The molecule has 0 radical (unpaired) electrons. The summed E-state index contributed by atoms with van der Waals surface area (Å²) in [5, 5.41) is 9.66. The van der Waals surface area contributed by atoms with E-state index in [-0.39, 0.29) is 6.42 Å². The molecule has 0 heterocycles. The molecule has 2 aromatic rings. The number of aryl methyl sites for hydroxylation is 2. The maximum Gasteiger partial charge on any atom is 0.430 e. The lowest BCUT2D eigenvalue weighted by Gasteiger charge is -2.33. The van der Waals surface area contributed by atoms with E-state index in [4.69, 9.17) is 0 Å². The SMILES string of the molecule is CCCc1cc(C(O)(C(F)(F)F)C(F)(F)F)ccc1-c1ccccc1CC. The predicted molar refractivity (Wildman–Crippen MR) is 91.3 cm³/mol. The minimum Gasteiger partial charge on any atom is -0.369 e. The van der Waals surface area contributed by atoms with Crippen LogP contribution in [0.2, 0.25) is 0 Å². The van der Waals surface area contributed by atoms with Gasteiger partial charge >= 0.3 is 12.4 Å². The van der Waals surface area contributed by atoms with Gasteiger partial charge in [0.2, 0.25) is 0 Å². The number of rotatable bonds is 5. The third-order valence-electron chi connectivity index (χ3n) is 4.55. The molecule has 2 aromatic carbocycles. The molecule has 0 atom stereocenters. The van der Waals surface area contributed by atoms with Crippen LogP contribution in [0.25, 0.3) is 11.1 Å². The van der Waals surface area contributed by atoms with Crippen LogP contribution in [0.3, 0.4) is 0 Å². The Balaban J connectivity index is 2.71. The number of hydrogen-bond donors (Lipinski definition) is 1. The molecule has 148 valence electrons. The molecule has 0 fully saturated rings. The van der Waals surface area contributed by atoms with E-state index in [1.807, 2.05) is 19.1 Å². The lowest BCUT2D eigenvalue weighted by Crippen LogP contribution is -2.53. The van der Waals surface area contributed by atoms with Gasteiger partial charge in [-0.25, -0.2) is 0 Å². The smallest absolute Gasteiger partial charge is 0.369 e. The second-order valence-electron chi connectivity index (χ2n) is 6.34. The highest BCUT2D eigenvalue weighted by molar-refractivity contribution is 5.71. The van der Waals surface area contributed by atoms with Crippen molar-refractivity contribution >= 4 is 0 Å². The van der Waals surface area contributed by atoms with Crippen LogP contribution in [0.15, 0.2) is 42.5 Å². The second kappa shape index (κ2) is 7.54. The fraction of sp³-hybridized carbons (Fsp3) is 0.400. The van der Waals surface area contributed by atoms with Crippen LogP contribution >= 0.6 is 0 Å². The average molecular weight is 390 g/mol. The maximum absolute atomic E-state index is 13.2. The first-order valence-corrected chi connectivity index (χ1v) is 8.54. The molecule has 0 amide bonds. The Hall–Kier alpha value is -2.02. The summed E-state index contributed by atoms with van der Waals surface area (Å²) < 4.78 is 79.1. The summed E-state index contributed by atoms with van der Waals surface area (Å²) in [7, 11) is 0. The highest BCUT2D eigenvalue weighted by Crippen LogP contribution is 2.50. The van der Waals surface area contributed by atoms with Crippen molar-refractivity contribution in [2.75, 3.05) is 0 Å². The van der Waals surface area contributed by atoms with Gasteiger partial charge in [-0.05, 0) is 35.1 Å². The minimum atomic E-state index is -5.89. The van der Waals surface area contributed by atoms with Crippen molar-refractivity contribution < 1.29 is 31.4 Å². The van der Waals surface area contributed by atoms with Crippen molar-refractivity contribution in [1.82, 2.24) is 0 Å².